The highest BCUT2D eigenvalue weighted by atomic mass is 16.5. The first-order valence-electron chi connectivity index (χ1n) is 10.7. The predicted octanol–water partition coefficient (Wildman–Crippen LogP) is 2.66. The summed E-state index contributed by atoms with van der Waals surface area (Å²) in [6.45, 7) is 5.48. The van der Waals surface area contributed by atoms with Gasteiger partial charge in [-0.25, -0.2) is 0 Å². The molecule has 3 rings (SSSR count). The molecule has 31 heavy (non-hydrogen) atoms. The topological polar surface area (TPSA) is 69.3 Å². The summed E-state index contributed by atoms with van der Waals surface area (Å²) in [5.41, 5.74) is 1.96. The summed E-state index contributed by atoms with van der Waals surface area (Å²) in [5, 5.41) is 2.98. The van der Waals surface area contributed by atoms with E-state index in [0.29, 0.717) is 37.5 Å². The lowest BCUT2D eigenvalue weighted by molar-refractivity contribution is -0.121. The molecule has 0 spiro atoms. The smallest absolute Gasteiger partial charge is 0.220 e. The van der Waals surface area contributed by atoms with Gasteiger partial charge in [0.1, 0.15) is 12.4 Å². The van der Waals surface area contributed by atoms with Gasteiger partial charge in [-0.05, 0) is 35.7 Å². The molecule has 1 fully saturated rings. The van der Waals surface area contributed by atoms with Gasteiger partial charge in [0, 0.05) is 32.6 Å². The molecule has 2 aromatic rings. The van der Waals surface area contributed by atoms with Crippen LogP contribution in [0.4, 0.5) is 0 Å². The zero-order valence-corrected chi connectivity index (χ0v) is 18.4. The molecule has 0 atom stereocenters. The number of para-hydroxylation sites is 1. The third-order valence-electron chi connectivity index (χ3n) is 5.27. The number of nitrogens with one attached hydrogen (secondary N) is 1. The Labute approximate surface area is 184 Å². The zero-order chi connectivity index (χ0) is 21.9. The molecule has 1 aliphatic heterocycles. The number of hydrogen-bond donors (Lipinski definition) is 1. The fourth-order valence-electron chi connectivity index (χ4n) is 3.55. The number of ether oxygens (including phenoxy) is 4. The third-order valence-corrected chi connectivity index (χ3v) is 5.27. The lowest BCUT2D eigenvalue weighted by atomic mass is 10.1. The summed E-state index contributed by atoms with van der Waals surface area (Å²) in [5.74, 6) is 2.16. The highest BCUT2D eigenvalue weighted by molar-refractivity contribution is 5.76. The van der Waals surface area contributed by atoms with E-state index in [9.17, 15) is 4.79 Å². The molecule has 1 heterocycles. The molecule has 1 aliphatic rings. The maximum atomic E-state index is 12.3. The molecule has 168 valence electrons. The first kappa shape index (κ1) is 22.9. The maximum Gasteiger partial charge on any atom is 0.220 e. The number of aryl methyl sites for hydroxylation is 1. The Morgan fingerprint density at radius 2 is 1.90 bits per heavy atom. The Hall–Kier alpha value is -2.77. The van der Waals surface area contributed by atoms with E-state index in [2.05, 4.69) is 10.2 Å². The van der Waals surface area contributed by atoms with Crippen LogP contribution in [0.15, 0.2) is 42.5 Å². The van der Waals surface area contributed by atoms with Crippen molar-refractivity contribution in [2.45, 2.75) is 19.4 Å². The fourth-order valence-corrected chi connectivity index (χ4v) is 3.55. The largest absolute Gasteiger partial charge is 0.493 e. The lowest BCUT2D eigenvalue weighted by Crippen LogP contribution is -2.38. The molecule has 0 aliphatic carbocycles. The van der Waals surface area contributed by atoms with Gasteiger partial charge in [-0.3, -0.25) is 9.69 Å². The average Bonchev–Trinajstić information content (AvgIpc) is 2.82. The second-order valence-electron chi connectivity index (χ2n) is 7.38. The van der Waals surface area contributed by atoms with Crippen LogP contribution in [0, 0.1) is 0 Å². The van der Waals surface area contributed by atoms with E-state index in [-0.39, 0.29) is 5.91 Å². The van der Waals surface area contributed by atoms with Crippen molar-refractivity contribution in [3.05, 3.63) is 53.6 Å². The van der Waals surface area contributed by atoms with E-state index in [1.165, 1.54) is 0 Å². The first-order valence-corrected chi connectivity index (χ1v) is 10.7. The summed E-state index contributed by atoms with van der Waals surface area (Å²) in [6, 6.07) is 13.6. The summed E-state index contributed by atoms with van der Waals surface area (Å²) < 4.78 is 22.0. The number of carbonyl (C=O) groups excluding carboxylic acids is 1. The lowest BCUT2D eigenvalue weighted by Gasteiger charge is -2.26. The van der Waals surface area contributed by atoms with Crippen molar-refractivity contribution in [1.82, 2.24) is 10.2 Å². The number of methoxy groups -OCH3 is 2. The van der Waals surface area contributed by atoms with Crippen molar-refractivity contribution < 1.29 is 23.7 Å². The van der Waals surface area contributed by atoms with Crippen LogP contribution < -0.4 is 19.5 Å². The first-order chi connectivity index (χ1) is 15.2. The SMILES string of the molecule is COc1cccc(CCC(=O)NCc2cccc(OCCN3CCOCC3)c2)c1OC. The number of hydrogen-bond acceptors (Lipinski definition) is 6. The molecular weight excluding hydrogens is 396 g/mol. The zero-order valence-electron chi connectivity index (χ0n) is 18.4. The van der Waals surface area contributed by atoms with Crippen LogP contribution >= 0.6 is 0 Å². The number of morpholine rings is 1. The number of carbonyl (C=O) groups is 1. The molecule has 7 heteroatoms. The Kier molecular flexibility index (Phi) is 8.99. The van der Waals surface area contributed by atoms with Crippen molar-refractivity contribution in [1.29, 1.82) is 0 Å². The minimum Gasteiger partial charge on any atom is -0.493 e. The van der Waals surface area contributed by atoms with Gasteiger partial charge in [-0.1, -0.05) is 24.3 Å². The van der Waals surface area contributed by atoms with E-state index in [1.807, 2.05) is 42.5 Å². The normalized spacial score (nSPS) is 14.1. The molecule has 0 aromatic heterocycles. The van der Waals surface area contributed by atoms with Crippen LogP contribution in [0.25, 0.3) is 0 Å². The average molecular weight is 429 g/mol. The Bertz CT molecular complexity index is 836. The summed E-state index contributed by atoms with van der Waals surface area (Å²) in [7, 11) is 3.21. The van der Waals surface area contributed by atoms with Gasteiger partial charge in [0.15, 0.2) is 11.5 Å². The van der Waals surface area contributed by atoms with Crippen molar-refractivity contribution >= 4 is 5.91 Å². The van der Waals surface area contributed by atoms with Crippen LogP contribution in [-0.2, 0) is 22.5 Å². The van der Waals surface area contributed by atoms with Crippen molar-refractivity contribution in [3.8, 4) is 17.2 Å². The van der Waals surface area contributed by atoms with Crippen molar-refractivity contribution in [2.24, 2.45) is 0 Å². The van der Waals surface area contributed by atoms with E-state index in [4.69, 9.17) is 18.9 Å². The Balaban J connectivity index is 1.42. The number of benzene rings is 2. The van der Waals surface area contributed by atoms with E-state index >= 15 is 0 Å². The molecular formula is C24H32N2O5. The van der Waals surface area contributed by atoms with Crippen LogP contribution in [0.5, 0.6) is 17.2 Å². The van der Waals surface area contributed by atoms with Gasteiger partial charge in [0.2, 0.25) is 5.91 Å². The fraction of sp³-hybridized carbons (Fsp3) is 0.458. The van der Waals surface area contributed by atoms with Gasteiger partial charge < -0.3 is 24.3 Å². The second-order valence-corrected chi connectivity index (χ2v) is 7.38. The van der Waals surface area contributed by atoms with Crippen molar-refractivity contribution in [2.75, 3.05) is 53.7 Å². The quantitative estimate of drug-likeness (QED) is 0.594. The van der Waals surface area contributed by atoms with Gasteiger partial charge >= 0.3 is 0 Å². The second kappa shape index (κ2) is 12.2. The molecule has 1 N–H and O–H groups in total. The molecule has 0 bridgehead atoms. The van der Waals surface area contributed by atoms with Gasteiger partial charge in [-0.15, -0.1) is 0 Å². The van der Waals surface area contributed by atoms with Crippen LogP contribution in [0.1, 0.15) is 17.5 Å². The number of amides is 1. The van der Waals surface area contributed by atoms with E-state index in [0.717, 1.165) is 49.7 Å². The van der Waals surface area contributed by atoms with Gasteiger partial charge in [0.25, 0.3) is 0 Å². The molecule has 0 saturated carbocycles. The molecule has 0 unspecified atom stereocenters. The van der Waals surface area contributed by atoms with Crippen LogP contribution in [0.3, 0.4) is 0 Å². The molecule has 0 radical (unpaired) electrons. The third kappa shape index (κ3) is 7.15. The predicted molar refractivity (Wildman–Crippen MR) is 119 cm³/mol. The van der Waals surface area contributed by atoms with Crippen LogP contribution in [-0.4, -0.2) is 64.5 Å². The summed E-state index contributed by atoms with van der Waals surface area (Å²) in [6.07, 6.45) is 0.955. The molecule has 1 amide bonds. The Morgan fingerprint density at radius 1 is 1.10 bits per heavy atom. The van der Waals surface area contributed by atoms with Crippen molar-refractivity contribution in [3.63, 3.8) is 0 Å². The molecule has 7 nitrogen and oxygen atoms in total. The minimum atomic E-state index is -0.0106. The molecule has 1 saturated heterocycles. The van der Waals surface area contributed by atoms with E-state index < -0.39 is 0 Å². The van der Waals surface area contributed by atoms with Gasteiger partial charge in [-0.2, -0.15) is 0 Å². The number of nitrogens with zero attached hydrogens (tertiary/aromatic N) is 1. The summed E-state index contributed by atoms with van der Waals surface area (Å²) >= 11 is 0. The highest BCUT2D eigenvalue weighted by Gasteiger charge is 2.12. The standard InChI is InChI=1S/C24H32N2O5/c1-28-22-8-4-6-20(24(22)29-2)9-10-23(27)25-18-19-5-3-7-21(17-19)31-16-13-26-11-14-30-15-12-26/h3-8,17H,9-16,18H2,1-2H3,(H,25,27). The monoisotopic (exact) mass is 428 g/mol. The minimum absolute atomic E-state index is 0.0106. The van der Waals surface area contributed by atoms with E-state index in [1.54, 1.807) is 14.2 Å². The number of rotatable bonds is 11. The summed E-state index contributed by atoms with van der Waals surface area (Å²) in [4.78, 5) is 14.7. The van der Waals surface area contributed by atoms with Gasteiger partial charge in [0.05, 0.1) is 27.4 Å². The molecule has 2 aromatic carbocycles. The maximum absolute atomic E-state index is 12.3. The highest BCUT2D eigenvalue weighted by Crippen LogP contribution is 2.31. The van der Waals surface area contributed by atoms with Crippen LogP contribution in [0.2, 0.25) is 0 Å². The Morgan fingerprint density at radius 3 is 2.68 bits per heavy atom.